The smallest absolute Gasteiger partial charge is 0.138 e. The minimum absolute atomic E-state index is 0.578. The largest absolute Gasteiger partial charge is 0.487 e. The number of pyridine rings is 1. The lowest BCUT2D eigenvalue weighted by Crippen LogP contribution is -2.44. The van der Waals surface area contributed by atoms with Crippen molar-refractivity contribution in [2.24, 2.45) is 0 Å². The molecule has 0 aliphatic carbocycles. The minimum Gasteiger partial charge on any atom is -0.487 e. The summed E-state index contributed by atoms with van der Waals surface area (Å²) in [5, 5.41) is 3.36. The lowest BCUT2D eigenvalue weighted by atomic mass is 10.2. The molecule has 1 aliphatic heterocycles. The van der Waals surface area contributed by atoms with Crippen molar-refractivity contribution in [2.45, 2.75) is 13.5 Å². The SMILES string of the molecule is Cc1cc(OCc2ccccc2)cnc1N1CCNCC1. The predicted octanol–water partition coefficient (Wildman–Crippen LogP) is 2.38. The first-order valence-corrected chi connectivity index (χ1v) is 7.42. The lowest BCUT2D eigenvalue weighted by Gasteiger charge is -2.29. The van der Waals surface area contributed by atoms with Gasteiger partial charge in [0.1, 0.15) is 18.2 Å². The third-order valence-electron chi connectivity index (χ3n) is 3.69. The highest BCUT2D eigenvalue weighted by Gasteiger charge is 2.14. The average Bonchev–Trinajstić information content (AvgIpc) is 2.55. The van der Waals surface area contributed by atoms with Crippen LogP contribution in [0.15, 0.2) is 42.6 Å². The van der Waals surface area contributed by atoms with Crippen LogP contribution in [0, 0.1) is 6.92 Å². The molecule has 0 atom stereocenters. The van der Waals surface area contributed by atoms with Gasteiger partial charge in [0.05, 0.1) is 6.20 Å². The van der Waals surface area contributed by atoms with E-state index in [-0.39, 0.29) is 0 Å². The molecule has 0 saturated carbocycles. The monoisotopic (exact) mass is 283 g/mol. The molecule has 0 amide bonds. The lowest BCUT2D eigenvalue weighted by molar-refractivity contribution is 0.305. The third kappa shape index (κ3) is 3.52. The van der Waals surface area contributed by atoms with Gasteiger partial charge in [-0.2, -0.15) is 0 Å². The Morgan fingerprint density at radius 2 is 1.95 bits per heavy atom. The molecule has 1 aliphatic rings. The maximum atomic E-state index is 5.82. The standard InChI is InChI=1S/C17H21N3O/c1-14-11-16(21-13-15-5-3-2-4-6-15)12-19-17(14)20-9-7-18-8-10-20/h2-6,11-12,18H,7-10,13H2,1H3. The molecule has 1 aromatic heterocycles. The summed E-state index contributed by atoms with van der Waals surface area (Å²) in [6.45, 7) is 6.74. The van der Waals surface area contributed by atoms with Crippen LogP contribution in [-0.2, 0) is 6.61 Å². The van der Waals surface area contributed by atoms with Crippen LogP contribution in [0.25, 0.3) is 0 Å². The molecule has 1 saturated heterocycles. The number of anilines is 1. The summed E-state index contributed by atoms with van der Waals surface area (Å²) >= 11 is 0. The molecule has 110 valence electrons. The van der Waals surface area contributed by atoms with Gasteiger partial charge in [0, 0.05) is 26.2 Å². The number of rotatable bonds is 4. The van der Waals surface area contributed by atoms with Gasteiger partial charge in [-0.1, -0.05) is 30.3 Å². The molecular formula is C17H21N3O. The van der Waals surface area contributed by atoms with Crippen LogP contribution in [0.5, 0.6) is 5.75 Å². The molecule has 2 heterocycles. The highest BCUT2D eigenvalue weighted by Crippen LogP contribution is 2.22. The van der Waals surface area contributed by atoms with Gasteiger partial charge in [0.15, 0.2) is 0 Å². The summed E-state index contributed by atoms with van der Waals surface area (Å²) in [6.07, 6.45) is 1.83. The third-order valence-corrected chi connectivity index (χ3v) is 3.69. The molecule has 1 fully saturated rings. The first-order valence-electron chi connectivity index (χ1n) is 7.42. The van der Waals surface area contributed by atoms with Crippen LogP contribution in [-0.4, -0.2) is 31.2 Å². The van der Waals surface area contributed by atoms with Gasteiger partial charge < -0.3 is 15.0 Å². The molecule has 21 heavy (non-hydrogen) atoms. The van der Waals surface area contributed by atoms with E-state index >= 15 is 0 Å². The summed E-state index contributed by atoms with van der Waals surface area (Å²) in [5.74, 6) is 1.90. The summed E-state index contributed by atoms with van der Waals surface area (Å²) in [4.78, 5) is 6.91. The Kier molecular flexibility index (Phi) is 4.36. The Labute approximate surface area is 125 Å². The molecule has 1 N–H and O–H groups in total. The molecule has 0 bridgehead atoms. The van der Waals surface area contributed by atoms with E-state index < -0.39 is 0 Å². The summed E-state index contributed by atoms with van der Waals surface area (Å²) < 4.78 is 5.82. The topological polar surface area (TPSA) is 37.4 Å². The van der Waals surface area contributed by atoms with Crippen LogP contribution < -0.4 is 15.0 Å². The second kappa shape index (κ2) is 6.59. The second-order valence-corrected chi connectivity index (χ2v) is 5.32. The van der Waals surface area contributed by atoms with E-state index in [9.17, 15) is 0 Å². The molecule has 3 rings (SSSR count). The van der Waals surface area contributed by atoms with E-state index in [2.05, 4.69) is 40.3 Å². The number of nitrogens with zero attached hydrogens (tertiary/aromatic N) is 2. The quantitative estimate of drug-likeness (QED) is 0.935. The number of hydrogen-bond acceptors (Lipinski definition) is 4. The first-order chi connectivity index (χ1) is 10.3. The Balaban J connectivity index is 1.66. The molecule has 4 nitrogen and oxygen atoms in total. The van der Waals surface area contributed by atoms with Gasteiger partial charge in [0.2, 0.25) is 0 Å². The van der Waals surface area contributed by atoms with Gasteiger partial charge in [0.25, 0.3) is 0 Å². The van der Waals surface area contributed by atoms with E-state index in [0.29, 0.717) is 6.61 Å². The fourth-order valence-corrected chi connectivity index (χ4v) is 2.57. The number of hydrogen-bond donors (Lipinski definition) is 1. The molecule has 0 radical (unpaired) electrons. The van der Waals surface area contributed by atoms with E-state index in [0.717, 1.165) is 37.7 Å². The van der Waals surface area contributed by atoms with Gasteiger partial charge in [-0.3, -0.25) is 0 Å². The summed E-state index contributed by atoms with van der Waals surface area (Å²) in [6, 6.07) is 12.3. The number of aryl methyl sites for hydroxylation is 1. The van der Waals surface area contributed by atoms with Crippen molar-refractivity contribution in [3.63, 3.8) is 0 Å². The zero-order valence-corrected chi connectivity index (χ0v) is 12.4. The maximum Gasteiger partial charge on any atom is 0.138 e. The van der Waals surface area contributed by atoms with Crippen molar-refractivity contribution in [2.75, 3.05) is 31.1 Å². The van der Waals surface area contributed by atoms with Crippen molar-refractivity contribution in [1.82, 2.24) is 10.3 Å². The Morgan fingerprint density at radius 3 is 2.67 bits per heavy atom. The van der Waals surface area contributed by atoms with Gasteiger partial charge in [-0.25, -0.2) is 4.98 Å². The van der Waals surface area contributed by atoms with Crippen molar-refractivity contribution in [3.05, 3.63) is 53.7 Å². The Morgan fingerprint density at radius 1 is 1.19 bits per heavy atom. The fraction of sp³-hybridized carbons (Fsp3) is 0.353. The average molecular weight is 283 g/mol. The molecule has 0 unspecified atom stereocenters. The van der Waals surface area contributed by atoms with Crippen LogP contribution in [0.1, 0.15) is 11.1 Å². The van der Waals surface area contributed by atoms with Crippen LogP contribution in [0.3, 0.4) is 0 Å². The number of benzene rings is 1. The van der Waals surface area contributed by atoms with E-state index in [1.54, 1.807) is 0 Å². The minimum atomic E-state index is 0.578. The Hall–Kier alpha value is -2.07. The normalized spacial score (nSPS) is 15.0. The van der Waals surface area contributed by atoms with Crippen molar-refractivity contribution < 1.29 is 4.74 Å². The summed E-state index contributed by atoms with van der Waals surface area (Å²) in [7, 11) is 0. The zero-order valence-electron chi connectivity index (χ0n) is 12.4. The molecule has 4 heteroatoms. The molecule has 0 spiro atoms. The summed E-state index contributed by atoms with van der Waals surface area (Å²) in [5.41, 5.74) is 2.34. The predicted molar refractivity (Wildman–Crippen MR) is 84.8 cm³/mol. The number of nitrogens with one attached hydrogen (secondary N) is 1. The van der Waals surface area contributed by atoms with Gasteiger partial charge >= 0.3 is 0 Å². The van der Waals surface area contributed by atoms with Crippen LogP contribution in [0.4, 0.5) is 5.82 Å². The maximum absolute atomic E-state index is 5.82. The van der Waals surface area contributed by atoms with Gasteiger partial charge in [-0.05, 0) is 24.1 Å². The van der Waals surface area contributed by atoms with Crippen molar-refractivity contribution in [1.29, 1.82) is 0 Å². The van der Waals surface area contributed by atoms with Crippen LogP contribution in [0.2, 0.25) is 0 Å². The number of piperazine rings is 1. The van der Waals surface area contributed by atoms with Gasteiger partial charge in [-0.15, -0.1) is 0 Å². The van der Waals surface area contributed by atoms with E-state index in [1.807, 2.05) is 24.4 Å². The molecule has 1 aromatic carbocycles. The fourth-order valence-electron chi connectivity index (χ4n) is 2.57. The van der Waals surface area contributed by atoms with Crippen molar-refractivity contribution in [3.8, 4) is 5.75 Å². The van der Waals surface area contributed by atoms with E-state index in [4.69, 9.17) is 4.74 Å². The second-order valence-electron chi connectivity index (χ2n) is 5.32. The first kappa shape index (κ1) is 13.9. The number of aromatic nitrogens is 1. The zero-order chi connectivity index (χ0) is 14.5. The van der Waals surface area contributed by atoms with Crippen molar-refractivity contribution >= 4 is 5.82 Å². The molecular weight excluding hydrogens is 262 g/mol. The van der Waals surface area contributed by atoms with E-state index in [1.165, 1.54) is 11.1 Å². The Bertz CT molecular complexity index is 580. The number of ether oxygens (including phenoxy) is 1. The molecule has 2 aromatic rings. The highest BCUT2D eigenvalue weighted by molar-refractivity contribution is 5.49. The highest BCUT2D eigenvalue weighted by atomic mass is 16.5. The van der Waals surface area contributed by atoms with Crippen LogP contribution >= 0.6 is 0 Å².